The molecule has 10 heteroatoms. The number of hydrogen-bond donors (Lipinski definition) is 1. The number of benzene rings is 1. The minimum absolute atomic E-state index is 0.0298. The Hall–Kier alpha value is -2.62. The number of rotatable bonds is 1. The van der Waals surface area contributed by atoms with Crippen molar-refractivity contribution in [1.29, 1.82) is 0 Å². The van der Waals surface area contributed by atoms with Crippen LogP contribution in [0.15, 0.2) is 12.1 Å². The first-order valence-corrected chi connectivity index (χ1v) is 8.50. The molecule has 0 radical (unpaired) electrons. The van der Waals surface area contributed by atoms with Gasteiger partial charge in [-0.15, -0.1) is 0 Å². The summed E-state index contributed by atoms with van der Waals surface area (Å²) < 4.78 is 40.4. The van der Waals surface area contributed by atoms with E-state index < -0.39 is 47.1 Å². The lowest BCUT2D eigenvalue weighted by Gasteiger charge is -2.47. The maximum Gasteiger partial charge on any atom is 0.257 e. The van der Waals surface area contributed by atoms with E-state index in [1.54, 1.807) is 0 Å². The normalized spacial score (nSPS) is 27.7. The second kappa shape index (κ2) is 6.22. The van der Waals surface area contributed by atoms with Gasteiger partial charge in [0.05, 0.1) is 18.2 Å². The molecule has 3 heterocycles. The zero-order valence-corrected chi connectivity index (χ0v) is 14.1. The average Bonchev–Trinajstić information content (AvgIpc) is 3.04. The summed E-state index contributed by atoms with van der Waals surface area (Å²) in [6, 6.07) is -0.857. The Kier molecular flexibility index (Phi) is 4.10. The molecular weight excluding hydrogens is 367 g/mol. The highest BCUT2D eigenvalue weighted by molar-refractivity contribution is 5.99. The van der Waals surface area contributed by atoms with Crippen LogP contribution in [0.3, 0.4) is 0 Å². The van der Waals surface area contributed by atoms with E-state index in [2.05, 4.69) is 0 Å². The lowest BCUT2D eigenvalue weighted by atomic mass is 10.0. The number of nitrogens with zero attached hydrogens (tertiary/aromatic N) is 3. The molecular formula is C17H16F3N3O4. The molecule has 0 unspecified atom stereocenters. The second-order valence-corrected chi connectivity index (χ2v) is 6.94. The third-order valence-corrected chi connectivity index (χ3v) is 5.32. The lowest BCUT2D eigenvalue weighted by molar-refractivity contribution is -0.162. The fourth-order valence-electron chi connectivity index (χ4n) is 3.97. The predicted molar refractivity (Wildman–Crippen MR) is 83.8 cm³/mol. The largest absolute Gasteiger partial charge is 0.391 e. The molecule has 27 heavy (non-hydrogen) atoms. The minimum atomic E-state index is -1.40. The van der Waals surface area contributed by atoms with Crippen molar-refractivity contribution in [3.63, 3.8) is 0 Å². The Morgan fingerprint density at radius 1 is 0.926 bits per heavy atom. The third kappa shape index (κ3) is 2.75. The van der Waals surface area contributed by atoms with Crippen molar-refractivity contribution in [1.82, 2.24) is 14.7 Å². The highest BCUT2D eigenvalue weighted by Crippen LogP contribution is 2.29. The number of hydrogen-bond acceptors (Lipinski definition) is 4. The standard InChI is InChI=1S/C17H16F3N3O4/c18-10-5-12(20)11(19)4-9(10)15(25)21-1-2-22-14(7-21)17(27)23-6-8(24)3-13(23)16(22)26/h4-5,8,13-14,24H,1-3,6-7H2/t8-,13+,14-/m1/s1. The molecule has 3 aliphatic heterocycles. The Labute approximate surface area is 151 Å². The van der Waals surface area contributed by atoms with Gasteiger partial charge >= 0.3 is 0 Å². The van der Waals surface area contributed by atoms with E-state index in [9.17, 15) is 32.7 Å². The van der Waals surface area contributed by atoms with E-state index in [-0.39, 0.29) is 44.4 Å². The molecule has 0 aromatic heterocycles. The molecule has 1 aromatic carbocycles. The summed E-state index contributed by atoms with van der Waals surface area (Å²) in [4.78, 5) is 41.7. The first-order chi connectivity index (χ1) is 12.8. The highest BCUT2D eigenvalue weighted by Gasteiger charge is 2.52. The minimum Gasteiger partial charge on any atom is -0.391 e. The smallest absolute Gasteiger partial charge is 0.257 e. The quantitative estimate of drug-likeness (QED) is 0.678. The molecule has 4 rings (SSSR count). The van der Waals surface area contributed by atoms with Crippen LogP contribution >= 0.6 is 0 Å². The maximum atomic E-state index is 13.9. The van der Waals surface area contributed by atoms with Crippen molar-refractivity contribution in [2.24, 2.45) is 0 Å². The molecule has 3 atom stereocenters. The van der Waals surface area contributed by atoms with Gasteiger partial charge in [-0.1, -0.05) is 0 Å². The summed E-state index contributed by atoms with van der Waals surface area (Å²) >= 11 is 0. The number of aliphatic hydroxyl groups is 1. The zero-order chi connectivity index (χ0) is 19.5. The molecule has 7 nitrogen and oxygen atoms in total. The molecule has 1 aromatic rings. The SMILES string of the molecule is O=C(c1cc(F)c(F)cc1F)N1CCN2C(=O)[C@@H]3C[C@@H](O)CN3C(=O)[C@H]2C1. The molecule has 0 saturated carbocycles. The topological polar surface area (TPSA) is 81.2 Å². The van der Waals surface area contributed by atoms with E-state index >= 15 is 0 Å². The Bertz CT molecular complexity index is 849. The molecule has 0 spiro atoms. The van der Waals surface area contributed by atoms with Crippen LogP contribution in [0.25, 0.3) is 0 Å². The van der Waals surface area contributed by atoms with Gasteiger partial charge in [-0.25, -0.2) is 13.2 Å². The van der Waals surface area contributed by atoms with Crippen molar-refractivity contribution >= 4 is 17.7 Å². The van der Waals surface area contributed by atoms with Crippen LogP contribution in [0.2, 0.25) is 0 Å². The predicted octanol–water partition coefficient (Wildman–Crippen LogP) is -0.268. The van der Waals surface area contributed by atoms with Crippen LogP contribution in [0.1, 0.15) is 16.8 Å². The van der Waals surface area contributed by atoms with E-state index in [1.807, 2.05) is 0 Å². The fraction of sp³-hybridized carbons (Fsp3) is 0.471. The summed E-state index contributed by atoms with van der Waals surface area (Å²) in [5.74, 6) is -5.51. The van der Waals surface area contributed by atoms with Gasteiger partial charge in [-0.05, 0) is 6.07 Å². The number of piperazine rings is 2. The molecule has 3 fully saturated rings. The maximum absolute atomic E-state index is 13.9. The van der Waals surface area contributed by atoms with Crippen molar-refractivity contribution in [2.45, 2.75) is 24.6 Å². The molecule has 1 N–H and O–H groups in total. The molecule has 0 aliphatic carbocycles. The number of amides is 3. The molecule has 3 amide bonds. The van der Waals surface area contributed by atoms with Gasteiger partial charge in [0.15, 0.2) is 11.6 Å². The highest BCUT2D eigenvalue weighted by atomic mass is 19.2. The second-order valence-electron chi connectivity index (χ2n) is 6.94. The van der Waals surface area contributed by atoms with Gasteiger partial charge in [-0.2, -0.15) is 0 Å². The first kappa shape index (κ1) is 17.8. The number of carbonyl (C=O) groups is 3. The van der Waals surface area contributed by atoms with Crippen molar-refractivity contribution in [3.05, 3.63) is 35.1 Å². The molecule has 0 bridgehead atoms. The fourth-order valence-corrected chi connectivity index (χ4v) is 3.97. The van der Waals surface area contributed by atoms with Crippen LogP contribution in [-0.2, 0) is 9.59 Å². The molecule has 144 valence electrons. The van der Waals surface area contributed by atoms with Gasteiger partial charge in [0.25, 0.3) is 5.91 Å². The van der Waals surface area contributed by atoms with Crippen molar-refractivity contribution in [2.75, 3.05) is 26.2 Å². The zero-order valence-electron chi connectivity index (χ0n) is 14.1. The Morgan fingerprint density at radius 3 is 2.33 bits per heavy atom. The van der Waals surface area contributed by atoms with E-state index in [0.29, 0.717) is 12.1 Å². The number of halogens is 3. The van der Waals surface area contributed by atoms with Crippen molar-refractivity contribution < 1.29 is 32.7 Å². The Balaban J connectivity index is 1.57. The third-order valence-electron chi connectivity index (χ3n) is 5.32. The summed E-state index contributed by atoms with van der Waals surface area (Å²) in [7, 11) is 0. The van der Waals surface area contributed by atoms with Crippen LogP contribution in [0, 0.1) is 17.5 Å². The lowest BCUT2D eigenvalue weighted by Crippen LogP contribution is -2.69. The summed E-state index contributed by atoms with van der Waals surface area (Å²) in [5.41, 5.74) is -0.633. The van der Waals surface area contributed by atoms with Crippen LogP contribution in [0.5, 0.6) is 0 Å². The van der Waals surface area contributed by atoms with Crippen LogP contribution < -0.4 is 0 Å². The number of carbonyl (C=O) groups excluding carboxylic acids is 3. The monoisotopic (exact) mass is 383 g/mol. The summed E-state index contributed by atoms with van der Waals surface area (Å²) in [6.07, 6.45) is -0.602. The number of fused-ring (bicyclic) bond motifs is 2. The van der Waals surface area contributed by atoms with E-state index in [1.165, 1.54) is 9.80 Å². The van der Waals surface area contributed by atoms with Gasteiger partial charge in [0, 0.05) is 32.1 Å². The van der Waals surface area contributed by atoms with E-state index in [4.69, 9.17) is 0 Å². The van der Waals surface area contributed by atoms with Crippen molar-refractivity contribution in [3.8, 4) is 0 Å². The first-order valence-electron chi connectivity index (χ1n) is 8.50. The van der Waals surface area contributed by atoms with Crippen LogP contribution in [-0.4, -0.2) is 81.9 Å². The Morgan fingerprint density at radius 2 is 1.59 bits per heavy atom. The molecule has 3 aliphatic rings. The van der Waals surface area contributed by atoms with Gasteiger partial charge in [-0.3, -0.25) is 14.4 Å². The van der Waals surface area contributed by atoms with Gasteiger partial charge in [0.2, 0.25) is 11.8 Å². The van der Waals surface area contributed by atoms with E-state index in [0.717, 1.165) is 4.90 Å². The summed E-state index contributed by atoms with van der Waals surface area (Å²) in [6.45, 7) is -0.0404. The summed E-state index contributed by atoms with van der Waals surface area (Å²) in [5, 5.41) is 9.76. The van der Waals surface area contributed by atoms with Gasteiger partial charge in [0.1, 0.15) is 17.9 Å². The van der Waals surface area contributed by atoms with Crippen LogP contribution in [0.4, 0.5) is 13.2 Å². The average molecular weight is 383 g/mol. The number of aliphatic hydroxyl groups excluding tert-OH is 1. The van der Waals surface area contributed by atoms with Gasteiger partial charge < -0.3 is 19.8 Å². The molecule has 3 saturated heterocycles.